The summed E-state index contributed by atoms with van der Waals surface area (Å²) >= 11 is 0. The molecule has 1 aromatic carbocycles. The molecule has 0 radical (unpaired) electrons. The standard InChI is InChI=1S/C25H37NO4S/c1-18(2)31(29,30)17-19-11-13-21(14-12-19)24(27)16-20-7-6-8-22(15-20)25(28)26-23-9-4-3-5-10-23/h6-8,15,18-19,21,23H,3-5,9-14,16-17H2,1-2H3,(H,26,28). The molecule has 5 nitrogen and oxygen atoms in total. The highest BCUT2D eigenvalue weighted by Crippen LogP contribution is 2.31. The van der Waals surface area contributed by atoms with E-state index in [9.17, 15) is 18.0 Å². The lowest BCUT2D eigenvalue weighted by atomic mass is 9.79. The fraction of sp³-hybridized carbons (Fsp3) is 0.680. The van der Waals surface area contributed by atoms with E-state index in [1.54, 1.807) is 13.8 Å². The molecule has 172 valence electrons. The first-order valence-corrected chi connectivity index (χ1v) is 13.6. The van der Waals surface area contributed by atoms with Crippen LogP contribution in [0.3, 0.4) is 0 Å². The van der Waals surface area contributed by atoms with Crippen LogP contribution in [0.15, 0.2) is 24.3 Å². The zero-order chi connectivity index (χ0) is 22.4. The summed E-state index contributed by atoms with van der Waals surface area (Å²) in [6.45, 7) is 3.46. The first-order valence-electron chi connectivity index (χ1n) is 11.9. The molecule has 2 aliphatic carbocycles. The van der Waals surface area contributed by atoms with Crippen molar-refractivity contribution >= 4 is 21.5 Å². The number of sulfone groups is 1. The van der Waals surface area contributed by atoms with Crippen LogP contribution >= 0.6 is 0 Å². The third kappa shape index (κ3) is 6.90. The summed E-state index contributed by atoms with van der Waals surface area (Å²) in [5.74, 6) is 0.563. The second-order valence-electron chi connectivity index (χ2n) is 9.75. The molecule has 3 rings (SSSR count). The first-order chi connectivity index (χ1) is 14.7. The summed E-state index contributed by atoms with van der Waals surface area (Å²) in [4.78, 5) is 25.5. The smallest absolute Gasteiger partial charge is 0.251 e. The normalized spacial score (nSPS) is 22.9. The molecule has 1 aromatic rings. The second-order valence-corrected chi connectivity index (χ2v) is 12.3. The highest BCUT2D eigenvalue weighted by Gasteiger charge is 2.30. The fourth-order valence-electron chi connectivity index (χ4n) is 4.86. The van der Waals surface area contributed by atoms with Crippen molar-refractivity contribution in [3.05, 3.63) is 35.4 Å². The van der Waals surface area contributed by atoms with E-state index in [-0.39, 0.29) is 40.6 Å². The van der Waals surface area contributed by atoms with Crippen molar-refractivity contribution in [2.45, 2.75) is 89.3 Å². The Morgan fingerprint density at radius 3 is 2.32 bits per heavy atom. The highest BCUT2D eigenvalue weighted by atomic mass is 32.2. The molecule has 6 heteroatoms. The van der Waals surface area contributed by atoms with Crippen molar-refractivity contribution in [1.29, 1.82) is 0 Å². The van der Waals surface area contributed by atoms with Crippen molar-refractivity contribution in [2.75, 3.05) is 5.75 Å². The number of rotatable bonds is 8. The molecule has 2 saturated carbocycles. The van der Waals surface area contributed by atoms with Crippen LogP contribution in [0.1, 0.15) is 87.6 Å². The van der Waals surface area contributed by atoms with Crippen LogP contribution in [0, 0.1) is 11.8 Å². The number of amides is 1. The van der Waals surface area contributed by atoms with Gasteiger partial charge in [0.25, 0.3) is 5.91 Å². The minimum absolute atomic E-state index is 0.00211. The number of benzene rings is 1. The third-order valence-corrected chi connectivity index (χ3v) is 9.37. The average Bonchev–Trinajstić information content (AvgIpc) is 2.74. The SMILES string of the molecule is CC(C)S(=O)(=O)CC1CCC(C(=O)Cc2cccc(C(=O)NC3CCCCC3)c2)CC1. The number of hydrogen-bond acceptors (Lipinski definition) is 4. The van der Waals surface area contributed by atoms with E-state index in [0.717, 1.165) is 44.1 Å². The van der Waals surface area contributed by atoms with Gasteiger partial charge in [-0.1, -0.05) is 31.4 Å². The molecule has 31 heavy (non-hydrogen) atoms. The van der Waals surface area contributed by atoms with E-state index < -0.39 is 9.84 Å². The van der Waals surface area contributed by atoms with Gasteiger partial charge in [-0.2, -0.15) is 0 Å². The van der Waals surface area contributed by atoms with E-state index >= 15 is 0 Å². The Morgan fingerprint density at radius 1 is 1.00 bits per heavy atom. The number of carbonyl (C=O) groups is 2. The van der Waals surface area contributed by atoms with Gasteiger partial charge in [0.15, 0.2) is 9.84 Å². The Morgan fingerprint density at radius 2 is 1.68 bits per heavy atom. The van der Waals surface area contributed by atoms with Crippen molar-refractivity contribution in [3.63, 3.8) is 0 Å². The van der Waals surface area contributed by atoms with Crippen LogP contribution in [-0.4, -0.2) is 37.2 Å². The Hall–Kier alpha value is -1.69. The van der Waals surface area contributed by atoms with E-state index in [2.05, 4.69) is 5.32 Å². The van der Waals surface area contributed by atoms with Crippen LogP contribution in [-0.2, 0) is 21.1 Å². The zero-order valence-electron chi connectivity index (χ0n) is 18.9. The van der Waals surface area contributed by atoms with Crippen LogP contribution in [0.4, 0.5) is 0 Å². The lowest BCUT2D eigenvalue weighted by molar-refractivity contribution is -0.123. The Kier molecular flexibility index (Phi) is 8.31. The van der Waals surface area contributed by atoms with E-state index in [1.807, 2.05) is 24.3 Å². The Labute approximate surface area is 187 Å². The molecule has 0 aromatic heterocycles. The summed E-state index contributed by atoms with van der Waals surface area (Å²) < 4.78 is 24.3. The van der Waals surface area contributed by atoms with Crippen molar-refractivity contribution in [3.8, 4) is 0 Å². The van der Waals surface area contributed by atoms with Gasteiger partial charge < -0.3 is 5.32 Å². The summed E-state index contributed by atoms with van der Waals surface area (Å²) in [6, 6.07) is 7.69. The molecular formula is C25H37NO4S. The highest BCUT2D eigenvalue weighted by molar-refractivity contribution is 7.91. The number of carbonyl (C=O) groups excluding carboxylic acids is 2. The van der Waals surface area contributed by atoms with Crippen LogP contribution < -0.4 is 5.32 Å². The maximum absolute atomic E-state index is 12.8. The predicted octanol–water partition coefficient (Wildman–Crippen LogP) is 4.49. The van der Waals surface area contributed by atoms with Crippen molar-refractivity contribution < 1.29 is 18.0 Å². The molecule has 1 N–H and O–H groups in total. The third-order valence-electron chi connectivity index (χ3n) is 7.00. The van der Waals surface area contributed by atoms with Gasteiger partial charge in [-0.05, 0) is 76.0 Å². The largest absolute Gasteiger partial charge is 0.349 e. The molecule has 0 unspecified atom stereocenters. The Balaban J connectivity index is 1.50. The number of Topliss-reactive ketones (excluding diaryl/α,β-unsaturated/α-hetero) is 1. The van der Waals surface area contributed by atoms with Crippen LogP contribution in [0.5, 0.6) is 0 Å². The number of hydrogen-bond donors (Lipinski definition) is 1. The summed E-state index contributed by atoms with van der Waals surface area (Å²) in [7, 11) is -3.03. The second kappa shape index (κ2) is 10.8. The summed E-state index contributed by atoms with van der Waals surface area (Å²) in [6.07, 6.45) is 9.15. The predicted molar refractivity (Wildman–Crippen MR) is 124 cm³/mol. The number of nitrogens with one attached hydrogen (secondary N) is 1. The van der Waals surface area contributed by atoms with Crippen molar-refractivity contribution in [2.24, 2.45) is 11.8 Å². The van der Waals surface area contributed by atoms with Gasteiger partial charge in [-0.15, -0.1) is 0 Å². The minimum Gasteiger partial charge on any atom is -0.349 e. The van der Waals surface area contributed by atoms with E-state index in [4.69, 9.17) is 0 Å². The van der Waals surface area contributed by atoms with Gasteiger partial charge in [-0.3, -0.25) is 9.59 Å². The van der Waals surface area contributed by atoms with Gasteiger partial charge in [0, 0.05) is 23.9 Å². The molecule has 1 amide bonds. The maximum Gasteiger partial charge on any atom is 0.251 e. The van der Waals surface area contributed by atoms with Crippen molar-refractivity contribution in [1.82, 2.24) is 5.32 Å². The fourth-order valence-corrected chi connectivity index (χ4v) is 6.23. The summed E-state index contributed by atoms with van der Waals surface area (Å²) in [5, 5.41) is 2.80. The van der Waals surface area contributed by atoms with Crippen LogP contribution in [0.2, 0.25) is 0 Å². The lowest BCUT2D eigenvalue weighted by Gasteiger charge is -2.28. The monoisotopic (exact) mass is 447 g/mol. The first kappa shape index (κ1) is 24.0. The molecule has 0 saturated heterocycles. The van der Waals surface area contributed by atoms with Gasteiger partial charge in [0.2, 0.25) is 0 Å². The van der Waals surface area contributed by atoms with Gasteiger partial charge in [0.1, 0.15) is 5.78 Å². The molecule has 0 heterocycles. The quantitative estimate of drug-likeness (QED) is 0.637. The Bertz CT molecular complexity index is 863. The zero-order valence-corrected chi connectivity index (χ0v) is 19.8. The maximum atomic E-state index is 12.8. The summed E-state index contributed by atoms with van der Waals surface area (Å²) in [5.41, 5.74) is 1.50. The average molecular weight is 448 g/mol. The molecule has 2 aliphatic rings. The molecule has 0 atom stereocenters. The van der Waals surface area contributed by atoms with Gasteiger partial charge >= 0.3 is 0 Å². The topological polar surface area (TPSA) is 80.3 Å². The minimum atomic E-state index is -3.03. The molecule has 0 bridgehead atoms. The number of ketones is 1. The van der Waals surface area contributed by atoms with E-state index in [1.165, 1.54) is 19.3 Å². The van der Waals surface area contributed by atoms with E-state index in [0.29, 0.717) is 12.0 Å². The molecule has 0 spiro atoms. The molecule has 0 aliphatic heterocycles. The van der Waals surface area contributed by atoms with Crippen LogP contribution in [0.25, 0.3) is 0 Å². The van der Waals surface area contributed by atoms with Gasteiger partial charge in [-0.25, -0.2) is 8.42 Å². The van der Waals surface area contributed by atoms with Gasteiger partial charge in [0.05, 0.1) is 11.0 Å². The molecule has 2 fully saturated rings. The lowest BCUT2D eigenvalue weighted by Crippen LogP contribution is -2.36. The molecular weight excluding hydrogens is 410 g/mol.